The molecule has 2 atom stereocenters. The molecule has 70 valence electrons. The largest absolute Gasteiger partial charge is 0.368 e. The minimum atomic E-state index is -0.723. The second kappa shape index (κ2) is 4.58. The highest BCUT2D eigenvalue weighted by atomic mass is 16.2. The van der Waals surface area contributed by atoms with E-state index in [1.165, 1.54) is 0 Å². The summed E-state index contributed by atoms with van der Waals surface area (Å²) in [4.78, 5) is 21.2. The maximum absolute atomic E-state index is 10.8. The molecule has 0 aliphatic carbocycles. The molecule has 2 unspecified atom stereocenters. The number of hydrogen-bond acceptors (Lipinski definition) is 2. The smallest absolute Gasteiger partial charge is 0.312 e. The first-order valence-electron chi connectivity index (χ1n) is 3.84. The zero-order chi connectivity index (χ0) is 9.72. The molecule has 0 aromatic rings. The van der Waals surface area contributed by atoms with E-state index in [2.05, 4.69) is 5.32 Å². The third kappa shape index (κ3) is 3.23. The van der Waals surface area contributed by atoms with E-state index in [4.69, 9.17) is 11.5 Å². The summed E-state index contributed by atoms with van der Waals surface area (Å²) in [5.41, 5.74) is 9.92. The predicted molar refractivity (Wildman–Crippen MR) is 45.2 cm³/mol. The zero-order valence-corrected chi connectivity index (χ0v) is 7.33. The molecule has 5 N–H and O–H groups in total. The number of carbonyl (C=O) groups is 2. The molecule has 5 heteroatoms. The summed E-state index contributed by atoms with van der Waals surface area (Å²) in [6.07, 6.45) is 0.758. The van der Waals surface area contributed by atoms with Crippen molar-refractivity contribution in [3.8, 4) is 0 Å². The second-order valence-electron chi connectivity index (χ2n) is 2.77. The monoisotopic (exact) mass is 173 g/mol. The molecule has 0 fully saturated rings. The van der Waals surface area contributed by atoms with Crippen molar-refractivity contribution >= 4 is 11.9 Å². The Balaban J connectivity index is 4.22. The molecular weight excluding hydrogens is 158 g/mol. The third-order valence-electron chi connectivity index (χ3n) is 1.82. The van der Waals surface area contributed by atoms with Gasteiger partial charge in [-0.25, -0.2) is 4.79 Å². The fourth-order valence-electron chi connectivity index (χ4n) is 0.883. The molecule has 0 bridgehead atoms. The van der Waals surface area contributed by atoms with E-state index in [0.717, 1.165) is 6.42 Å². The average Bonchev–Trinajstić information content (AvgIpc) is 1.98. The Hall–Kier alpha value is -1.26. The predicted octanol–water partition coefficient (Wildman–Crippen LogP) is -0.445. The molecule has 0 aromatic heterocycles. The quantitative estimate of drug-likeness (QED) is 0.536. The topological polar surface area (TPSA) is 98.2 Å². The van der Waals surface area contributed by atoms with Crippen molar-refractivity contribution in [2.24, 2.45) is 17.4 Å². The molecule has 0 radical (unpaired) electrons. The summed E-state index contributed by atoms with van der Waals surface area (Å²) in [5.74, 6) is -0.543. The van der Waals surface area contributed by atoms with Crippen molar-refractivity contribution in [3.63, 3.8) is 0 Å². The molecule has 12 heavy (non-hydrogen) atoms. The van der Waals surface area contributed by atoms with Crippen LogP contribution in [-0.4, -0.2) is 18.0 Å². The molecule has 5 nitrogen and oxygen atoms in total. The second-order valence-corrected chi connectivity index (χ2v) is 2.77. The molecule has 0 aliphatic heterocycles. The highest BCUT2D eigenvalue weighted by Gasteiger charge is 2.22. The molecule has 0 saturated heterocycles. The number of primary amides is 2. The first-order valence-corrected chi connectivity index (χ1v) is 3.84. The van der Waals surface area contributed by atoms with Crippen LogP contribution in [0.25, 0.3) is 0 Å². The number of rotatable bonds is 4. The number of carbonyl (C=O) groups excluding carboxylic acids is 2. The Bertz CT molecular complexity index is 181. The van der Waals surface area contributed by atoms with Crippen LogP contribution in [0.4, 0.5) is 4.79 Å². The van der Waals surface area contributed by atoms with E-state index in [0.29, 0.717) is 0 Å². The van der Waals surface area contributed by atoms with Crippen molar-refractivity contribution in [2.45, 2.75) is 26.3 Å². The summed E-state index contributed by atoms with van der Waals surface area (Å²) in [6.45, 7) is 3.73. The molecule has 0 aliphatic rings. The van der Waals surface area contributed by atoms with Crippen molar-refractivity contribution in [3.05, 3.63) is 0 Å². The van der Waals surface area contributed by atoms with Crippen molar-refractivity contribution in [2.75, 3.05) is 0 Å². The van der Waals surface area contributed by atoms with Gasteiger partial charge >= 0.3 is 6.03 Å². The summed E-state index contributed by atoms with van der Waals surface area (Å²) in [7, 11) is 0. The average molecular weight is 173 g/mol. The van der Waals surface area contributed by atoms with Gasteiger partial charge in [-0.1, -0.05) is 20.3 Å². The normalized spacial score (nSPS) is 14.8. The van der Waals surface area contributed by atoms with Gasteiger partial charge in [0.25, 0.3) is 0 Å². The van der Waals surface area contributed by atoms with Gasteiger partial charge in [-0.05, 0) is 5.92 Å². The molecule has 0 saturated carbocycles. The molecule has 0 spiro atoms. The number of nitrogens with one attached hydrogen (secondary N) is 1. The van der Waals surface area contributed by atoms with E-state index in [9.17, 15) is 9.59 Å². The Morgan fingerprint density at radius 3 is 2.17 bits per heavy atom. The van der Waals surface area contributed by atoms with Crippen molar-refractivity contribution in [1.82, 2.24) is 5.32 Å². The maximum atomic E-state index is 10.8. The fraction of sp³-hybridized carbons (Fsp3) is 0.714. The number of nitrogens with two attached hydrogens (primary N) is 2. The minimum Gasteiger partial charge on any atom is -0.368 e. The summed E-state index contributed by atoms with van der Waals surface area (Å²) < 4.78 is 0. The van der Waals surface area contributed by atoms with Crippen LogP contribution in [0, 0.1) is 5.92 Å². The molecule has 0 rings (SSSR count). The van der Waals surface area contributed by atoms with Gasteiger partial charge in [0.05, 0.1) is 0 Å². The standard InChI is InChI=1S/C7H15N3O2/c1-3-4(2)5(6(8)11)10-7(9)12/h4-5H,3H2,1-2H3,(H2,8,11)(H3,9,10,12). The van der Waals surface area contributed by atoms with E-state index in [1.807, 2.05) is 13.8 Å². The van der Waals surface area contributed by atoms with Crippen molar-refractivity contribution in [1.29, 1.82) is 0 Å². The number of urea groups is 1. The van der Waals surface area contributed by atoms with Crippen LogP contribution in [0.5, 0.6) is 0 Å². The highest BCUT2D eigenvalue weighted by Crippen LogP contribution is 2.06. The summed E-state index contributed by atoms with van der Waals surface area (Å²) in [6, 6.07) is -1.38. The lowest BCUT2D eigenvalue weighted by Crippen LogP contribution is -2.50. The maximum Gasteiger partial charge on any atom is 0.312 e. The van der Waals surface area contributed by atoms with Gasteiger partial charge < -0.3 is 16.8 Å². The SMILES string of the molecule is CCC(C)C(NC(N)=O)C(N)=O. The first-order chi connectivity index (χ1) is 5.49. The Morgan fingerprint density at radius 1 is 1.42 bits per heavy atom. The van der Waals surface area contributed by atoms with Crippen LogP contribution < -0.4 is 16.8 Å². The van der Waals surface area contributed by atoms with Gasteiger partial charge in [-0.2, -0.15) is 0 Å². The van der Waals surface area contributed by atoms with Crippen LogP contribution in [0.15, 0.2) is 0 Å². The lowest BCUT2D eigenvalue weighted by molar-refractivity contribution is -0.120. The Kier molecular flexibility index (Phi) is 4.10. The van der Waals surface area contributed by atoms with Gasteiger partial charge in [-0.15, -0.1) is 0 Å². The number of hydrogen-bond donors (Lipinski definition) is 3. The molecule has 3 amide bonds. The molecule has 0 aromatic carbocycles. The zero-order valence-electron chi connectivity index (χ0n) is 7.33. The fourth-order valence-corrected chi connectivity index (χ4v) is 0.883. The number of amides is 3. The van der Waals surface area contributed by atoms with Crippen LogP contribution in [0.1, 0.15) is 20.3 Å². The summed E-state index contributed by atoms with van der Waals surface area (Å²) >= 11 is 0. The van der Waals surface area contributed by atoms with Gasteiger partial charge in [0.15, 0.2) is 0 Å². The van der Waals surface area contributed by atoms with Crippen LogP contribution in [0.3, 0.4) is 0 Å². The van der Waals surface area contributed by atoms with Crippen LogP contribution >= 0.6 is 0 Å². The van der Waals surface area contributed by atoms with Crippen LogP contribution in [0.2, 0.25) is 0 Å². The lowest BCUT2D eigenvalue weighted by Gasteiger charge is -2.19. The lowest BCUT2D eigenvalue weighted by atomic mass is 9.99. The minimum absolute atomic E-state index is 0.00926. The van der Waals surface area contributed by atoms with E-state index in [1.54, 1.807) is 0 Å². The van der Waals surface area contributed by atoms with Gasteiger partial charge in [0.1, 0.15) is 6.04 Å². The first kappa shape index (κ1) is 10.7. The third-order valence-corrected chi connectivity index (χ3v) is 1.82. The van der Waals surface area contributed by atoms with E-state index < -0.39 is 18.0 Å². The van der Waals surface area contributed by atoms with E-state index in [-0.39, 0.29) is 5.92 Å². The van der Waals surface area contributed by atoms with Crippen LogP contribution in [-0.2, 0) is 4.79 Å². The highest BCUT2D eigenvalue weighted by molar-refractivity contribution is 5.85. The summed E-state index contributed by atoms with van der Waals surface area (Å²) in [5, 5.41) is 2.29. The molecular formula is C7H15N3O2. The van der Waals surface area contributed by atoms with Gasteiger partial charge in [-0.3, -0.25) is 4.79 Å². The van der Waals surface area contributed by atoms with Gasteiger partial charge in [0, 0.05) is 0 Å². The van der Waals surface area contributed by atoms with Crippen molar-refractivity contribution < 1.29 is 9.59 Å². The van der Waals surface area contributed by atoms with Gasteiger partial charge in [0.2, 0.25) is 5.91 Å². The molecule has 0 heterocycles. The Labute approximate surface area is 71.5 Å². The van der Waals surface area contributed by atoms with E-state index >= 15 is 0 Å². The Morgan fingerprint density at radius 2 is 1.92 bits per heavy atom.